The maximum Gasteiger partial charge on any atom is 0.150 e. The first kappa shape index (κ1) is 12.7. The van der Waals surface area contributed by atoms with Gasteiger partial charge in [-0.25, -0.2) is 0 Å². The number of hydrogen-bond donors (Lipinski definition) is 0. The second kappa shape index (κ2) is 5.72. The first-order valence-corrected chi connectivity index (χ1v) is 6.27. The van der Waals surface area contributed by atoms with E-state index >= 15 is 0 Å². The summed E-state index contributed by atoms with van der Waals surface area (Å²) in [5, 5.41) is 0. The van der Waals surface area contributed by atoms with Crippen LogP contribution in [0, 0.1) is 20.0 Å². The van der Waals surface area contributed by atoms with Gasteiger partial charge in [-0.05, 0) is 37.5 Å². The molecule has 0 amide bonds. The average molecular weight is 239 g/mol. The number of para-hydroxylation sites is 1. The third-order valence-electron chi connectivity index (χ3n) is 2.98. The standard InChI is InChI=1S/C17H19O/c1-13-8-7-9-14(2)17(13)18-15(3)12-16-10-5-4-6-11-16/h4-11H,12H2,1-3H3. The number of aryl methyl sites for hydroxylation is 2. The summed E-state index contributed by atoms with van der Waals surface area (Å²) < 4.78 is 6.00. The fourth-order valence-corrected chi connectivity index (χ4v) is 2.05. The number of benzene rings is 2. The molecule has 0 spiro atoms. The van der Waals surface area contributed by atoms with E-state index in [0.717, 1.165) is 18.3 Å². The molecular formula is C17H19O. The molecule has 0 atom stereocenters. The molecule has 0 N–H and O–H groups in total. The van der Waals surface area contributed by atoms with Crippen LogP contribution in [-0.4, -0.2) is 0 Å². The van der Waals surface area contributed by atoms with E-state index in [1.165, 1.54) is 16.7 Å². The van der Waals surface area contributed by atoms with Crippen LogP contribution < -0.4 is 4.74 Å². The van der Waals surface area contributed by atoms with E-state index in [9.17, 15) is 0 Å². The van der Waals surface area contributed by atoms with Gasteiger partial charge in [-0.15, -0.1) is 0 Å². The van der Waals surface area contributed by atoms with E-state index in [-0.39, 0.29) is 0 Å². The number of hydrogen-bond acceptors (Lipinski definition) is 1. The van der Waals surface area contributed by atoms with E-state index in [2.05, 4.69) is 56.3 Å². The average Bonchev–Trinajstić information content (AvgIpc) is 2.35. The Balaban J connectivity index is 2.06. The van der Waals surface area contributed by atoms with Crippen molar-refractivity contribution < 1.29 is 4.74 Å². The maximum absolute atomic E-state index is 6.00. The molecule has 18 heavy (non-hydrogen) atoms. The Hall–Kier alpha value is -1.76. The largest absolute Gasteiger partial charge is 0.482 e. The fraction of sp³-hybridized carbons (Fsp3) is 0.235. The van der Waals surface area contributed by atoms with Crippen LogP contribution in [0.2, 0.25) is 0 Å². The fourth-order valence-electron chi connectivity index (χ4n) is 2.05. The molecule has 0 fully saturated rings. The molecule has 93 valence electrons. The molecule has 0 saturated carbocycles. The molecule has 0 unspecified atom stereocenters. The normalized spacial score (nSPS) is 10.7. The van der Waals surface area contributed by atoms with Gasteiger partial charge in [0.1, 0.15) is 11.9 Å². The molecule has 0 aliphatic carbocycles. The van der Waals surface area contributed by atoms with Crippen molar-refractivity contribution in [3.05, 3.63) is 71.3 Å². The zero-order chi connectivity index (χ0) is 13.0. The van der Waals surface area contributed by atoms with Crippen molar-refractivity contribution in [2.24, 2.45) is 0 Å². The van der Waals surface area contributed by atoms with Crippen molar-refractivity contribution in [2.75, 3.05) is 0 Å². The van der Waals surface area contributed by atoms with Crippen molar-refractivity contribution in [1.29, 1.82) is 0 Å². The van der Waals surface area contributed by atoms with Crippen molar-refractivity contribution >= 4 is 0 Å². The van der Waals surface area contributed by atoms with Gasteiger partial charge in [0.05, 0.1) is 0 Å². The second-order valence-corrected chi connectivity index (χ2v) is 4.69. The Morgan fingerprint density at radius 2 is 1.50 bits per heavy atom. The molecular weight excluding hydrogens is 220 g/mol. The van der Waals surface area contributed by atoms with Gasteiger partial charge < -0.3 is 4.74 Å². The van der Waals surface area contributed by atoms with Gasteiger partial charge in [-0.1, -0.05) is 48.5 Å². The molecule has 0 aromatic heterocycles. The SMILES string of the molecule is C[C](Cc1ccccc1)Oc1c(C)cccc1C. The molecule has 1 heteroatoms. The highest BCUT2D eigenvalue weighted by Gasteiger charge is 2.10. The maximum atomic E-state index is 6.00. The third-order valence-corrected chi connectivity index (χ3v) is 2.98. The van der Waals surface area contributed by atoms with Gasteiger partial charge in [-0.3, -0.25) is 0 Å². The van der Waals surface area contributed by atoms with Crippen LogP contribution in [0.4, 0.5) is 0 Å². The van der Waals surface area contributed by atoms with Gasteiger partial charge in [0.2, 0.25) is 0 Å². The van der Waals surface area contributed by atoms with Crippen molar-refractivity contribution in [3.8, 4) is 5.75 Å². The van der Waals surface area contributed by atoms with Crippen molar-refractivity contribution in [2.45, 2.75) is 27.2 Å². The first-order chi connectivity index (χ1) is 8.66. The second-order valence-electron chi connectivity index (χ2n) is 4.69. The predicted molar refractivity (Wildman–Crippen MR) is 75.6 cm³/mol. The van der Waals surface area contributed by atoms with Crippen LogP contribution in [0.25, 0.3) is 0 Å². The van der Waals surface area contributed by atoms with Gasteiger partial charge in [0.25, 0.3) is 0 Å². The lowest BCUT2D eigenvalue weighted by atomic mass is 10.1. The molecule has 2 aromatic rings. The predicted octanol–water partition coefficient (Wildman–Crippen LogP) is 4.48. The molecule has 0 aliphatic rings. The summed E-state index contributed by atoms with van der Waals surface area (Å²) in [6, 6.07) is 16.6. The van der Waals surface area contributed by atoms with Crippen LogP contribution in [0.3, 0.4) is 0 Å². The topological polar surface area (TPSA) is 9.23 Å². The molecule has 0 bridgehead atoms. The van der Waals surface area contributed by atoms with Crippen molar-refractivity contribution in [3.63, 3.8) is 0 Å². The lowest BCUT2D eigenvalue weighted by molar-refractivity contribution is 0.323. The highest BCUT2D eigenvalue weighted by atomic mass is 16.5. The summed E-state index contributed by atoms with van der Waals surface area (Å²) in [5.74, 6) is 0.992. The summed E-state index contributed by atoms with van der Waals surface area (Å²) in [5.41, 5.74) is 3.64. The summed E-state index contributed by atoms with van der Waals surface area (Å²) in [7, 11) is 0. The first-order valence-electron chi connectivity index (χ1n) is 6.27. The van der Waals surface area contributed by atoms with Crippen LogP contribution in [0.15, 0.2) is 48.5 Å². The summed E-state index contributed by atoms with van der Waals surface area (Å²) >= 11 is 0. The smallest absolute Gasteiger partial charge is 0.150 e. The minimum atomic E-state index is 0.856. The van der Waals surface area contributed by atoms with E-state index in [0.29, 0.717) is 0 Å². The van der Waals surface area contributed by atoms with Gasteiger partial charge in [-0.2, -0.15) is 0 Å². The lowest BCUT2D eigenvalue weighted by Gasteiger charge is -2.17. The molecule has 0 aliphatic heterocycles. The highest BCUT2D eigenvalue weighted by Crippen LogP contribution is 2.26. The van der Waals surface area contributed by atoms with Crippen molar-refractivity contribution in [1.82, 2.24) is 0 Å². The molecule has 1 radical (unpaired) electrons. The summed E-state index contributed by atoms with van der Waals surface area (Å²) in [6.45, 7) is 6.20. The molecule has 0 saturated heterocycles. The van der Waals surface area contributed by atoms with Crippen LogP contribution in [-0.2, 0) is 6.42 Å². The Bertz CT molecular complexity index is 482. The highest BCUT2D eigenvalue weighted by molar-refractivity contribution is 5.40. The zero-order valence-corrected chi connectivity index (χ0v) is 11.2. The van der Waals surface area contributed by atoms with E-state index in [1.54, 1.807) is 0 Å². The Morgan fingerprint density at radius 1 is 0.889 bits per heavy atom. The summed E-state index contributed by atoms with van der Waals surface area (Å²) in [4.78, 5) is 0. The van der Waals surface area contributed by atoms with Gasteiger partial charge in [0, 0.05) is 6.42 Å². The van der Waals surface area contributed by atoms with Gasteiger partial charge >= 0.3 is 0 Å². The number of ether oxygens (including phenoxy) is 1. The van der Waals surface area contributed by atoms with Crippen LogP contribution >= 0.6 is 0 Å². The Kier molecular flexibility index (Phi) is 4.03. The zero-order valence-electron chi connectivity index (χ0n) is 11.2. The van der Waals surface area contributed by atoms with Gasteiger partial charge in [0.15, 0.2) is 0 Å². The molecule has 1 nitrogen and oxygen atoms in total. The third kappa shape index (κ3) is 3.13. The minimum Gasteiger partial charge on any atom is -0.482 e. The van der Waals surface area contributed by atoms with E-state index in [4.69, 9.17) is 4.74 Å². The Labute approximate surface area is 109 Å². The monoisotopic (exact) mass is 239 g/mol. The van der Waals surface area contributed by atoms with Crippen LogP contribution in [0.1, 0.15) is 23.6 Å². The summed E-state index contributed by atoms with van der Waals surface area (Å²) in [6.07, 6.45) is 1.88. The lowest BCUT2D eigenvalue weighted by Crippen LogP contribution is -2.07. The minimum absolute atomic E-state index is 0.856. The molecule has 2 rings (SSSR count). The van der Waals surface area contributed by atoms with Crippen LogP contribution in [0.5, 0.6) is 5.75 Å². The quantitative estimate of drug-likeness (QED) is 0.764. The van der Waals surface area contributed by atoms with E-state index in [1.807, 2.05) is 13.0 Å². The van der Waals surface area contributed by atoms with E-state index < -0.39 is 0 Å². The Morgan fingerprint density at radius 3 is 2.11 bits per heavy atom. The molecule has 0 heterocycles. The number of rotatable bonds is 4. The molecule has 2 aromatic carbocycles.